The third kappa shape index (κ3) is 3.02. The van der Waals surface area contributed by atoms with Gasteiger partial charge in [0, 0.05) is 37.1 Å². The van der Waals surface area contributed by atoms with Gasteiger partial charge in [0.25, 0.3) is 0 Å². The number of aryl methyl sites for hydroxylation is 1. The van der Waals surface area contributed by atoms with Gasteiger partial charge >= 0.3 is 4.87 Å². The smallest absolute Gasteiger partial charge is 0.307 e. The van der Waals surface area contributed by atoms with Gasteiger partial charge in [0.1, 0.15) is 0 Å². The molecule has 0 spiro atoms. The molecule has 1 unspecified atom stereocenters. The predicted octanol–water partition coefficient (Wildman–Crippen LogP) is 1.87. The SMILES string of the molecule is Cc1csc(=O)n1CCC(=O)N1CCCC(C)C1. The van der Waals surface area contributed by atoms with Gasteiger partial charge in [-0.25, -0.2) is 0 Å². The molecule has 18 heavy (non-hydrogen) atoms. The first-order valence-corrected chi connectivity index (χ1v) is 7.38. The Hall–Kier alpha value is -1.10. The van der Waals surface area contributed by atoms with Crippen molar-refractivity contribution in [1.82, 2.24) is 9.47 Å². The van der Waals surface area contributed by atoms with Crippen LogP contribution in [0.3, 0.4) is 0 Å². The molecule has 2 heterocycles. The van der Waals surface area contributed by atoms with E-state index in [-0.39, 0.29) is 10.8 Å². The second-order valence-corrected chi connectivity index (χ2v) is 5.95. The number of likely N-dealkylation sites (tertiary alicyclic amines) is 1. The number of thiazole rings is 1. The van der Waals surface area contributed by atoms with Crippen LogP contribution in [0, 0.1) is 12.8 Å². The van der Waals surface area contributed by atoms with Gasteiger partial charge in [-0.1, -0.05) is 18.3 Å². The van der Waals surface area contributed by atoms with E-state index in [1.165, 1.54) is 17.8 Å². The number of nitrogens with zero attached hydrogens (tertiary/aromatic N) is 2. The summed E-state index contributed by atoms with van der Waals surface area (Å²) in [5, 5.41) is 1.84. The first-order valence-electron chi connectivity index (χ1n) is 6.50. The monoisotopic (exact) mass is 268 g/mol. The highest BCUT2D eigenvalue weighted by atomic mass is 32.1. The third-order valence-corrected chi connectivity index (χ3v) is 4.42. The molecule has 1 amide bonds. The van der Waals surface area contributed by atoms with Gasteiger partial charge in [0.05, 0.1) is 0 Å². The summed E-state index contributed by atoms with van der Waals surface area (Å²) in [4.78, 5) is 25.6. The minimum atomic E-state index is 0.0345. The van der Waals surface area contributed by atoms with Gasteiger partial charge in [-0.2, -0.15) is 0 Å². The third-order valence-electron chi connectivity index (χ3n) is 3.54. The molecule has 5 heteroatoms. The molecule has 0 N–H and O–H groups in total. The Bertz CT molecular complexity index is 478. The standard InChI is InChI=1S/C13H20N2O2S/c1-10-4-3-6-14(8-10)12(16)5-7-15-11(2)9-18-13(15)17/h9-10H,3-8H2,1-2H3. The van der Waals surface area contributed by atoms with E-state index in [0.29, 0.717) is 18.9 Å². The van der Waals surface area contributed by atoms with Crippen LogP contribution in [0.4, 0.5) is 0 Å². The molecule has 0 radical (unpaired) electrons. The average Bonchev–Trinajstić information content (AvgIpc) is 2.66. The Morgan fingerprint density at radius 1 is 1.56 bits per heavy atom. The van der Waals surface area contributed by atoms with Gasteiger partial charge in [-0.05, 0) is 25.7 Å². The van der Waals surface area contributed by atoms with E-state index in [9.17, 15) is 9.59 Å². The predicted molar refractivity (Wildman–Crippen MR) is 72.9 cm³/mol. The maximum Gasteiger partial charge on any atom is 0.307 e. The summed E-state index contributed by atoms with van der Waals surface area (Å²) in [5.41, 5.74) is 0.949. The molecule has 1 atom stereocenters. The molecule has 1 aromatic rings. The van der Waals surface area contributed by atoms with E-state index in [4.69, 9.17) is 0 Å². The molecule has 0 bridgehead atoms. The first kappa shape index (κ1) is 13.3. The molecule has 1 aliphatic heterocycles. The highest BCUT2D eigenvalue weighted by Crippen LogP contribution is 2.16. The summed E-state index contributed by atoms with van der Waals surface area (Å²) in [7, 11) is 0. The number of rotatable bonds is 3. The van der Waals surface area contributed by atoms with Crippen LogP contribution in [0.5, 0.6) is 0 Å². The van der Waals surface area contributed by atoms with Crippen LogP contribution in [0.15, 0.2) is 10.2 Å². The summed E-state index contributed by atoms with van der Waals surface area (Å²) >= 11 is 1.20. The van der Waals surface area contributed by atoms with Crippen molar-refractivity contribution in [2.45, 2.75) is 39.7 Å². The Kier molecular flexibility index (Phi) is 4.22. The van der Waals surface area contributed by atoms with Crippen molar-refractivity contribution in [2.24, 2.45) is 5.92 Å². The van der Waals surface area contributed by atoms with E-state index in [1.54, 1.807) is 4.57 Å². The van der Waals surface area contributed by atoms with Crippen LogP contribution < -0.4 is 4.87 Å². The number of piperidine rings is 1. The van der Waals surface area contributed by atoms with Gasteiger partial charge in [0.15, 0.2) is 0 Å². The molecule has 2 rings (SSSR count). The van der Waals surface area contributed by atoms with Crippen molar-refractivity contribution in [2.75, 3.05) is 13.1 Å². The van der Waals surface area contributed by atoms with E-state index >= 15 is 0 Å². The highest BCUT2D eigenvalue weighted by Gasteiger charge is 2.20. The fraction of sp³-hybridized carbons (Fsp3) is 0.692. The molecule has 1 aliphatic rings. The van der Waals surface area contributed by atoms with Crippen molar-refractivity contribution in [3.8, 4) is 0 Å². The van der Waals surface area contributed by atoms with Crippen LogP contribution in [0.25, 0.3) is 0 Å². The number of hydrogen-bond donors (Lipinski definition) is 0. The van der Waals surface area contributed by atoms with E-state index < -0.39 is 0 Å². The summed E-state index contributed by atoms with van der Waals surface area (Å²) in [5.74, 6) is 0.785. The van der Waals surface area contributed by atoms with Crippen molar-refractivity contribution >= 4 is 17.2 Å². The topological polar surface area (TPSA) is 42.3 Å². The average molecular weight is 268 g/mol. The summed E-state index contributed by atoms with van der Waals surface area (Å²) in [6.07, 6.45) is 2.75. The van der Waals surface area contributed by atoms with E-state index in [0.717, 1.165) is 25.2 Å². The second-order valence-electron chi connectivity index (χ2n) is 5.13. The fourth-order valence-electron chi connectivity index (χ4n) is 2.46. The Balaban J connectivity index is 1.90. The number of hydrogen-bond acceptors (Lipinski definition) is 3. The van der Waals surface area contributed by atoms with E-state index in [2.05, 4.69) is 6.92 Å². The van der Waals surface area contributed by atoms with Crippen molar-refractivity contribution in [1.29, 1.82) is 0 Å². The second kappa shape index (κ2) is 5.69. The lowest BCUT2D eigenvalue weighted by atomic mass is 10.00. The molecular formula is C13H20N2O2S. The zero-order chi connectivity index (χ0) is 13.1. The lowest BCUT2D eigenvalue weighted by Crippen LogP contribution is -2.39. The van der Waals surface area contributed by atoms with Gasteiger partial charge < -0.3 is 9.47 Å². The van der Waals surface area contributed by atoms with Crippen molar-refractivity contribution < 1.29 is 4.79 Å². The van der Waals surface area contributed by atoms with E-state index in [1.807, 2.05) is 17.2 Å². The Labute approximate surface area is 111 Å². The lowest BCUT2D eigenvalue weighted by molar-refractivity contribution is -0.133. The Morgan fingerprint density at radius 3 is 2.94 bits per heavy atom. The van der Waals surface area contributed by atoms with Crippen LogP contribution in [0.2, 0.25) is 0 Å². The molecule has 0 saturated carbocycles. The molecule has 1 saturated heterocycles. The molecule has 1 aromatic heterocycles. The maximum atomic E-state index is 12.1. The van der Waals surface area contributed by atoms with Crippen molar-refractivity contribution in [3.63, 3.8) is 0 Å². The normalized spacial score (nSPS) is 20.1. The minimum Gasteiger partial charge on any atom is -0.342 e. The van der Waals surface area contributed by atoms with Crippen molar-refractivity contribution in [3.05, 3.63) is 20.7 Å². The number of amides is 1. The minimum absolute atomic E-state index is 0.0345. The quantitative estimate of drug-likeness (QED) is 0.840. The highest BCUT2D eigenvalue weighted by molar-refractivity contribution is 7.07. The molecule has 0 aromatic carbocycles. The number of carbonyl (C=O) groups is 1. The van der Waals surface area contributed by atoms with Gasteiger partial charge in [-0.3, -0.25) is 9.59 Å². The van der Waals surface area contributed by atoms with Crippen LogP contribution in [-0.4, -0.2) is 28.5 Å². The number of aromatic nitrogens is 1. The summed E-state index contributed by atoms with van der Waals surface area (Å²) in [6.45, 7) is 6.35. The molecule has 100 valence electrons. The molecular weight excluding hydrogens is 248 g/mol. The van der Waals surface area contributed by atoms with Gasteiger partial charge in [0.2, 0.25) is 5.91 Å². The largest absolute Gasteiger partial charge is 0.342 e. The zero-order valence-electron chi connectivity index (χ0n) is 11.0. The fourth-order valence-corrected chi connectivity index (χ4v) is 3.22. The van der Waals surface area contributed by atoms with Crippen LogP contribution >= 0.6 is 11.3 Å². The summed E-state index contributed by atoms with van der Waals surface area (Å²) in [6, 6.07) is 0. The molecule has 1 fully saturated rings. The molecule has 0 aliphatic carbocycles. The Morgan fingerprint density at radius 2 is 2.33 bits per heavy atom. The lowest BCUT2D eigenvalue weighted by Gasteiger charge is -2.31. The van der Waals surface area contributed by atoms with Gasteiger partial charge in [-0.15, -0.1) is 0 Å². The number of carbonyl (C=O) groups excluding carboxylic acids is 1. The zero-order valence-corrected chi connectivity index (χ0v) is 11.8. The first-order chi connectivity index (χ1) is 8.58. The van der Waals surface area contributed by atoms with Crippen LogP contribution in [0.1, 0.15) is 31.9 Å². The summed E-state index contributed by atoms with van der Waals surface area (Å²) < 4.78 is 1.69. The maximum absolute atomic E-state index is 12.1. The van der Waals surface area contributed by atoms with Crippen LogP contribution in [-0.2, 0) is 11.3 Å². The molecule has 4 nitrogen and oxygen atoms in total.